The Morgan fingerprint density at radius 3 is 2.75 bits per heavy atom. The summed E-state index contributed by atoms with van der Waals surface area (Å²) in [5, 5.41) is 0. The molecule has 2 rings (SSSR count). The Morgan fingerprint density at radius 2 is 2.12 bits per heavy atom. The molecule has 0 amide bonds. The maximum atomic E-state index is 13.0. The van der Waals surface area contributed by atoms with Crippen molar-refractivity contribution in [3.05, 3.63) is 57.5 Å². The summed E-state index contributed by atoms with van der Waals surface area (Å²) >= 11 is 1.47. The Hall–Kier alpha value is -1.48. The summed E-state index contributed by atoms with van der Waals surface area (Å²) < 4.78 is 13.0. The molecule has 0 atom stereocenters. The van der Waals surface area contributed by atoms with E-state index in [2.05, 4.69) is 0 Å². The van der Waals surface area contributed by atoms with Gasteiger partial charge in [0.25, 0.3) is 0 Å². The number of rotatable bonds is 3. The van der Waals surface area contributed by atoms with Crippen molar-refractivity contribution in [3.8, 4) is 0 Å². The normalized spacial score (nSPS) is 10.4. The Bertz CT molecular complexity index is 516. The van der Waals surface area contributed by atoms with Crippen LogP contribution in [-0.4, -0.2) is 5.78 Å². The summed E-state index contributed by atoms with van der Waals surface area (Å²) in [4.78, 5) is 13.8. The lowest BCUT2D eigenvalue weighted by atomic mass is 10.1. The molecule has 3 heteroatoms. The van der Waals surface area contributed by atoms with Crippen LogP contribution < -0.4 is 0 Å². The first-order valence-electron chi connectivity index (χ1n) is 5.09. The van der Waals surface area contributed by atoms with Gasteiger partial charge in [0.15, 0.2) is 0 Å². The fourth-order valence-corrected chi connectivity index (χ4v) is 2.37. The minimum atomic E-state index is -0.377. The summed E-state index contributed by atoms with van der Waals surface area (Å²) in [6.07, 6.45) is 0.918. The van der Waals surface area contributed by atoms with Gasteiger partial charge in [0.05, 0.1) is 4.88 Å². The van der Waals surface area contributed by atoms with Crippen LogP contribution >= 0.6 is 11.3 Å². The molecule has 0 aliphatic rings. The van der Waals surface area contributed by atoms with Gasteiger partial charge >= 0.3 is 0 Å². The second-order valence-corrected chi connectivity index (χ2v) is 4.63. The van der Waals surface area contributed by atoms with Gasteiger partial charge in [-0.15, -0.1) is 11.3 Å². The molecular formula is C13H11FOS. The largest absolute Gasteiger partial charge is 0.288 e. The number of aryl methyl sites for hydroxylation is 1. The summed E-state index contributed by atoms with van der Waals surface area (Å²) in [6.45, 7) is 2.04. The van der Waals surface area contributed by atoms with Crippen molar-refractivity contribution in [1.82, 2.24) is 0 Å². The first-order valence-corrected chi connectivity index (χ1v) is 5.91. The molecule has 1 heterocycles. The average Bonchev–Trinajstić information content (AvgIpc) is 2.76. The molecule has 0 aliphatic heterocycles. The lowest BCUT2D eigenvalue weighted by Crippen LogP contribution is -1.98. The third kappa shape index (κ3) is 2.19. The molecule has 0 aliphatic carbocycles. The highest BCUT2D eigenvalue weighted by Gasteiger charge is 2.11. The van der Waals surface area contributed by atoms with E-state index in [4.69, 9.17) is 0 Å². The fraction of sp³-hybridized carbons (Fsp3) is 0.154. The molecule has 1 nitrogen and oxygen atoms in total. The maximum absolute atomic E-state index is 13.0. The van der Waals surface area contributed by atoms with Crippen molar-refractivity contribution in [2.24, 2.45) is 0 Å². The van der Waals surface area contributed by atoms with Gasteiger partial charge in [-0.05, 0) is 30.7 Å². The Balaban J connectivity index is 2.31. The minimum absolute atomic E-state index is 0.107. The zero-order chi connectivity index (χ0) is 11.5. The first-order chi connectivity index (χ1) is 7.70. The molecule has 0 radical (unpaired) electrons. The second kappa shape index (κ2) is 4.58. The summed E-state index contributed by atoms with van der Waals surface area (Å²) in [7, 11) is 0. The van der Waals surface area contributed by atoms with Crippen molar-refractivity contribution >= 4 is 17.1 Å². The number of halogens is 1. The topological polar surface area (TPSA) is 17.1 Å². The van der Waals surface area contributed by atoms with Crippen LogP contribution in [0.2, 0.25) is 0 Å². The molecular weight excluding hydrogens is 223 g/mol. The van der Waals surface area contributed by atoms with Crippen LogP contribution in [0.4, 0.5) is 4.39 Å². The van der Waals surface area contributed by atoms with Gasteiger partial charge in [0, 0.05) is 10.4 Å². The van der Waals surface area contributed by atoms with E-state index in [0.717, 1.165) is 6.42 Å². The highest BCUT2D eigenvalue weighted by Crippen LogP contribution is 2.20. The average molecular weight is 234 g/mol. The predicted octanol–water partition coefficient (Wildman–Crippen LogP) is 3.68. The Morgan fingerprint density at radius 1 is 1.31 bits per heavy atom. The van der Waals surface area contributed by atoms with Crippen LogP contribution in [0.3, 0.4) is 0 Å². The number of benzene rings is 1. The summed E-state index contributed by atoms with van der Waals surface area (Å²) in [5.41, 5.74) is 0.407. The van der Waals surface area contributed by atoms with Crippen molar-refractivity contribution in [1.29, 1.82) is 0 Å². The van der Waals surface area contributed by atoms with Gasteiger partial charge in [0.2, 0.25) is 5.78 Å². The van der Waals surface area contributed by atoms with Crippen LogP contribution in [0, 0.1) is 5.82 Å². The highest BCUT2D eigenvalue weighted by atomic mass is 32.1. The van der Waals surface area contributed by atoms with E-state index < -0.39 is 0 Å². The van der Waals surface area contributed by atoms with Gasteiger partial charge in [-0.25, -0.2) is 4.39 Å². The molecule has 0 saturated heterocycles. The molecule has 0 fully saturated rings. The molecule has 0 unspecified atom stereocenters. The molecule has 82 valence electrons. The van der Waals surface area contributed by atoms with Crippen LogP contribution in [0.15, 0.2) is 36.4 Å². The molecule has 16 heavy (non-hydrogen) atoms. The van der Waals surface area contributed by atoms with E-state index in [0.29, 0.717) is 10.4 Å². The monoisotopic (exact) mass is 234 g/mol. The number of thiophene rings is 1. The lowest BCUT2D eigenvalue weighted by molar-refractivity contribution is 0.104. The zero-order valence-corrected chi connectivity index (χ0v) is 9.68. The number of ketones is 1. The van der Waals surface area contributed by atoms with E-state index >= 15 is 0 Å². The molecule has 2 aromatic rings. The molecule has 1 aromatic heterocycles. The third-order valence-electron chi connectivity index (χ3n) is 2.32. The molecule has 1 aromatic carbocycles. The number of carbonyl (C=O) groups excluding carboxylic acids is 1. The fourth-order valence-electron chi connectivity index (χ4n) is 1.46. The Labute approximate surface area is 97.6 Å². The SMILES string of the molecule is CCc1ccc(C(=O)c2cccc(F)c2)s1. The van der Waals surface area contributed by atoms with Crippen LogP contribution in [0.1, 0.15) is 27.0 Å². The van der Waals surface area contributed by atoms with E-state index in [-0.39, 0.29) is 11.6 Å². The smallest absolute Gasteiger partial charge is 0.203 e. The lowest BCUT2D eigenvalue weighted by Gasteiger charge is -1.97. The van der Waals surface area contributed by atoms with Crippen molar-refractivity contribution in [2.45, 2.75) is 13.3 Å². The third-order valence-corrected chi connectivity index (χ3v) is 3.55. The summed E-state index contributed by atoms with van der Waals surface area (Å²) in [5.74, 6) is -0.484. The van der Waals surface area contributed by atoms with Crippen molar-refractivity contribution in [3.63, 3.8) is 0 Å². The van der Waals surface area contributed by atoms with E-state index in [1.807, 2.05) is 13.0 Å². The molecule has 0 bridgehead atoms. The quantitative estimate of drug-likeness (QED) is 0.740. The zero-order valence-electron chi connectivity index (χ0n) is 8.87. The highest BCUT2D eigenvalue weighted by molar-refractivity contribution is 7.14. The second-order valence-electron chi connectivity index (χ2n) is 3.46. The first kappa shape index (κ1) is 11.0. The van der Waals surface area contributed by atoms with Crippen LogP contribution in [-0.2, 0) is 6.42 Å². The van der Waals surface area contributed by atoms with E-state index in [1.54, 1.807) is 18.2 Å². The van der Waals surface area contributed by atoms with Gasteiger partial charge in [-0.1, -0.05) is 19.1 Å². The maximum Gasteiger partial charge on any atom is 0.203 e. The summed E-state index contributed by atoms with van der Waals surface area (Å²) in [6, 6.07) is 9.54. The standard InChI is InChI=1S/C13H11FOS/c1-2-11-6-7-12(16-11)13(15)9-4-3-5-10(14)8-9/h3-8H,2H2,1H3. The van der Waals surface area contributed by atoms with E-state index in [9.17, 15) is 9.18 Å². The minimum Gasteiger partial charge on any atom is -0.288 e. The number of hydrogen-bond donors (Lipinski definition) is 0. The van der Waals surface area contributed by atoms with Crippen molar-refractivity contribution in [2.75, 3.05) is 0 Å². The Kier molecular flexibility index (Phi) is 3.15. The molecule has 0 spiro atoms. The number of carbonyl (C=O) groups is 1. The molecule has 0 saturated carbocycles. The van der Waals surface area contributed by atoms with Gasteiger partial charge in [-0.2, -0.15) is 0 Å². The number of hydrogen-bond acceptors (Lipinski definition) is 2. The van der Waals surface area contributed by atoms with Gasteiger partial charge in [-0.3, -0.25) is 4.79 Å². The van der Waals surface area contributed by atoms with Gasteiger partial charge < -0.3 is 0 Å². The van der Waals surface area contributed by atoms with Crippen LogP contribution in [0.25, 0.3) is 0 Å². The van der Waals surface area contributed by atoms with Crippen LogP contribution in [0.5, 0.6) is 0 Å². The van der Waals surface area contributed by atoms with Crippen molar-refractivity contribution < 1.29 is 9.18 Å². The van der Waals surface area contributed by atoms with E-state index in [1.165, 1.54) is 28.3 Å². The van der Waals surface area contributed by atoms with Gasteiger partial charge in [0.1, 0.15) is 5.82 Å². The molecule has 0 N–H and O–H groups in total. The predicted molar refractivity (Wildman–Crippen MR) is 63.5 cm³/mol.